The SMILES string of the molecule is CC(C)CNCC1CCCN1c1nc2ccc(F)cc2[nH]1. The predicted octanol–water partition coefficient (Wildman–Crippen LogP) is 2.92. The fourth-order valence-corrected chi connectivity index (χ4v) is 2.97. The predicted molar refractivity (Wildman–Crippen MR) is 84.1 cm³/mol. The van der Waals surface area contributed by atoms with Crippen molar-refractivity contribution in [2.75, 3.05) is 24.5 Å². The highest BCUT2D eigenvalue weighted by Crippen LogP contribution is 2.25. The summed E-state index contributed by atoms with van der Waals surface area (Å²) in [5.41, 5.74) is 1.60. The van der Waals surface area contributed by atoms with E-state index in [1.54, 1.807) is 6.07 Å². The molecule has 0 amide bonds. The number of halogens is 1. The Bertz CT molecular complexity index is 607. The Morgan fingerprint density at radius 2 is 2.33 bits per heavy atom. The number of imidazole rings is 1. The normalized spacial score (nSPS) is 19.0. The molecular formula is C16H23FN4. The zero-order valence-electron chi connectivity index (χ0n) is 12.7. The Balaban J connectivity index is 1.73. The van der Waals surface area contributed by atoms with Crippen LogP contribution < -0.4 is 10.2 Å². The summed E-state index contributed by atoms with van der Waals surface area (Å²) in [6, 6.07) is 5.16. The fourth-order valence-electron chi connectivity index (χ4n) is 2.97. The number of benzene rings is 1. The number of aromatic amines is 1. The van der Waals surface area contributed by atoms with Crippen molar-refractivity contribution in [3.63, 3.8) is 0 Å². The average molecular weight is 290 g/mol. The van der Waals surface area contributed by atoms with Crippen molar-refractivity contribution >= 4 is 17.0 Å². The van der Waals surface area contributed by atoms with Gasteiger partial charge in [0.05, 0.1) is 11.0 Å². The van der Waals surface area contributed by atoms with Crippen molar-refractivity contribution in [1.29, 1.82) is 0 Å². The number of hydrogen-bond acceptors (Lipinski definition) is 3. The van der Waals surface area contributed by atoms with E-state index in [1.165, 1.54) is 25.0 Å². The van der Waals surface area contributed by atoms with Gasteiger partial charge in [0.1, 0.15) is 5.82 Å². The maximum absolute atomic E-state index is 13.3. The number of anilines is 1. The van der Waals surface area contributed by atoms with Gasteiger partial charge in [-0.1, -0.05) is 13.8 Å². The Kier molecular flexibility index (Phi) is 4.10. The first kappa shape index (κ1) is 14.3. The lowest BCUT2D eigenvalue weighted by Crippen LogP contribution is -2.39. The maximum atomic E-state index is 13.3. The molecule has 0 spiro atoms. The van der Waals surface area contributed by atoms with Crippen molar-refractivity contribution in [2.45, 2.75) is 32.7 Å². The molecule has 21 heavy (non-hydrogen) atoms. The van der Waals surface area contributed by atoms with Crippen LogP contribution in [0.1, 0.15) is 26.7 Å². The van der Waals surface area contributed by atoms with Crippen molar-refractivity contribution in [2.24, 2.45) is 5.92 Å². The van der Waals surface area contributed by atoms with Crippen molar-refractivity contribution in [3.8, 4) is 0 Å². The monoisotopic (exact) mass is 290 g/mol. The summed E-state index contributed by atoms with van der Waals surface area (Å²) in [7, 11) is 0. The first-order chi connectivity index (χ1) is 10.1. The van der Waals surface area contributed by atoms with Crippen molar-refractivity contribution < 1.29 is 4.39 Å². The molecule has 0 saturated carbocycles. The zero-order valence-corrected chi connectivity index (χ0v) is 12.7. The minimum Gasteiger partial charge on any atom is -0.338 e. The molecule has 1 atom stereocenters. The van der Waals surface area contributed by atoms with Gasteiger partial charge >= 0.3 is 0 Å². The topological polar surface area (TPSA) is 44.0 Å². The number of nitrogens with zero attached hydrogens (tertiary/aromatic N) is 2. The van der Waals surface area contributed by atoms with Gasteiger partial charge in [0.15, 0.2) is 0 Å². The minimum absolute atomic E-state index is 0.228. The number of nitrogens with one attached hydrogen (secondary N) is 2. The van der Waals surface area contributed by atoms with Gasteiger partial charge < -0.3 is 15.2 Å². The Labute approximate surface area is 124 Å². The summed E-state index contributed by atoms with van der Waals surface area (Å²) in [6.07, 6.45) is 2.36. The molecule has 5 heteroatoms. The summed E-state index contributed by atoms with van der Waals surface area (Å²) >= 11 is 0. The molecule has 1 fully saturated rings. The molecular weight excluding hydrogens is 267 g/mol. The molecule has 3 rings (SSSR count). The second-order valence-electron chi connectivity index (χ2n) is 6.26. The van der Waals surface area contributed by atoms with E-state index in [4.69, 9.17) is 0 Å². The first-order valence-corrected chi connectivity index (χ1v) is 7.76. The second-order valence-corrected chi connectivity index (χ2v) is 6.26. The van der Waals surface area contributed by atoms with E-state index in [0.717, 1.165) is 36.6 Å². The van der Waals surface area contributed by atoms with Crippen molar-refractivity contribution in [3.05, 3.63) is 24.0 Å². The highest BCUT2D eigenvalue weighted by molar-refractivity contribution is 5.77. The average Bonchev–Trinajstić information content (AvgIpc) is 3.03. The van der Waals surface area contributed by atoms with E-state index in [9.17, 15) is 4.39 Å². The zero-order chi connectivity index (χ0) is 14.8. The highest BCUT2D eigenvalue weighted by Gasteiger charge is 2.26. The minimum atomic E-state index is -0.228. The molecule has 114 valence electrons. The largest absolute Gasteiger partial charge is 0.338 e. The van der Waals surface area contributed by atoms with Gasteiger partial charge in [-0.3, -0.25) is 0 Å². The van der Waals surface area contributed by atoms with Gasteiger partial charge in [0.25, 0.3) is 0 Å². The van der Waals surface area contributed by atoms with Crippen LogP contribution in [-0.4, -0.2) is 35.6 Å². The molecule has 1 aliphatic heterocycles. The molecule has 1 aromatic heterocycles. The van der Waals surface area contributed by atoms with Crippen LogP contribution in [-0.2, 0) is 0 Å². The van der Waals surface area contributed by atoms with Gasteiger partial charge in [-0.2, -0.15) is 0 Å². The van der Waals surface area contributed by atoms with Crippen LogP contribution in [0.15, 0.2) is 18.2 Å². The van der Waals surface area contributed by atoms with Gasteiger partial charge in [-0.15, -0.1) is 0 Å². The summed E-state index contributed by atoms with van der Waals surface area (Å²) in [5, 5.41) is 3.53. The highest BCUT2D eigenvalue weighted by atomic mass is 19.1. The quantitative estimate of drug-likeness (QED) is 0.890. The molecule has 1 saturated heterocycles. The van der Waals surface area contributed by atoms with Gasteiger partial charge in [-0.25, -0.2) is 9.37 Å². The first-order valence-electron chi connectivity index (χ1n) is 7.76. The lowest BCUT2D eigenvalue weighted by molar-refractivity contribution is 0.510. The second kappa shape index (κ2) is 6.02. The van der Waals surface area contributed by atoms with E-state index in [2.05, 4.69) is 34.0 Å². The molecule has 1 aliphatic rings. The van der Waals surface area contributed by atoms with E-state index in [0.29, 0.717) is 12.0 Å². The van der Waals surface area contributed by atoms with Crippen LogP contribution >= 0.6 is 0 Å². The number of fused-ring (bicyclic) bond motifs is 1. The van der Waals surface area contributed by atoms with E-state index in [1.807, 2.05) is 0 Å². The Morgan fingerprint density at radius 1 is 1.48 bits per heavy atom. The van der Waals surface area contributed by atoms with E-state index >= 15 is 0 Å². The number of H-pyrrole nitrogens is 1. The smallest absolute Gasteiger partial charge is 0.204 e. The molecule has 2 N–H and O–H groups in total. The lowest BCUT2D eigenvalue weighted by atomic mass is 10.2. The maximum Gasteiger partial charge on any atom is 0.204 e. The Hall–Kier alpha value is -1.62. The third-order valence-electron chi connectivity index (χ3n) is 4.01. The van der Waals surface area contributed by atoms with Crippen LogP contribution in [0.2, 0.25) is 0 Å². The van der Waals surface area contributed by atoms with Gasteiger partial charge in [0.2, 0.25) is 5.95 Å². The summed E-state index contributed by atoms with van der Waals surface area (Å²) in [6.45, 7) is 7.45. The summed E-state index contributed by atoms with van der Waals surface area (Å²) in [4.78, 5) is 10.2. The van der Waals surface area contributed by atoms with Crippen LogP contribution in [0, 0.1) is 11.7 Å². The fraction of sp³-hybridized carbons (Fsp3) is 0.562. The van der Waals surface area contributed by atoms with Crippen LogP contribution in [0.5, 0.6) is 0 Å². The summed E-state index contributed by atoms with van der Waals surface area (Å²) < 4.78 is 13.3. The summed E-state index contributed by atoms with van der Waals surface area (Å²) in [5.74, 6) is 1.30. The number of hydrogen-bond donors (Lipinski definition) is 2. The molecule has 0 bridgehead atoms. The van der Waals surface area contributed by atoms with Gasteiger partial charge in [-0.05, 0) is 43.5 Å². The molecule has 1 unspecified atom stereocenters. The Morgan fingerprint density at radius 3 is 3.14 bits per heavy atom. The molecule has 2 aromatic rings. The molecule has 2 heterocycles. The standard InChI is InChI=1S/C16H23FN4/c1-11(2)9-18-10-13-4-3-7-21(13)16-19-14-6-5-12(17)8-15(14)20-16/h5-6,8,11,13,18H,3-4,7,9-10H2,1-2H3,(H,19,20). The lowest BCUT2D eigenvalue weighted by Gasteiger charge is -2.24. The third-order valence-corrected chi connectivity index (χ3v) is 4.01. The van der Waals surface area contributed by atoms with Crippen LogP contribution in [0.3, 0.4) is 0 Å². The molecule has 0 aliphatic carbocycles. The number of aromatic nitrogens is 2. The molecule has 0 radical (unpaired) electrons. The van der Waals surface area contributed by atoms with Gasteiger partial charge in [0, 0.05) is 19.1 Å². The van der Waals surface area contributed by atoms with E-state index in [-0.39, 0.29) is 5.82 Å². The van der Waals surface area contributed by atoms with E-state index < -0.39 is 0 Å². The third kappa shape index (κ3) is 3.18. The number of rotatable bonds is 5. The van der Waals surface area contributed by atoms with Crippen LogP contribution in [0.4, 0.5) is 10.3 Å². The van der Waals surface area contributed by atoms with Crippen LogP contribution in [0.25, 0.3) is 11.0 Å². The molecule has 4 nitrogen and oxygen atoms in total. The molecule has 1 aromatic carbocycles. The van der Waals surface area contributed by atoms with Crippen molar-refractivity contribution in [1.82, 2.24) is 15.3 Å².